The van der Waals surface area contributed by atoms with Crippen LogP contribution < -0.4 is 21.2 Å². The highest BCUT2D eigenvalue weighted by Gasteiger charge is 2.18. The Hall–Kier alpha value is -3.36. The van der Waals surface area contributed by atoms with Crippen LogP contribution in [0.15, 0.2) is 33.5 Å². The lowest BCUT2D eigenvalue weighted by atomic mass is 10.1. The van der Waals surface area contributed by atoms with E-state index in [1.165, 1.54) is 13.0 Å². The van der Waals surface area contributed by atoms with E-state index in [0.717, 1.165) is 18.8 Å². The highest BCUT2D eigenvalue weighted by molar-refractivity contribution is 5.97. The molecule has 0 saturated heterocycles. The Balaban J connectivity index is 1.97. The zero-order chi connectivity index (χ0) is 23.0. The molecule has 0 saturated carbocycles. The molecule has 0 fully saturated rings. The van der Waals surface area contributed by atoms with Crippen molar-refractivity contribution in [3.8, 4) is 0 Å². The summed E-state index contributed by atoms with van der Waals surface area (Å²) in [6.45, 7) is 7.26. The molecule has 0 aliphatic rings. The van der Waals surface area contributed by atoms with E-state index in [4.69, 9.17) is 9.52 Å². The number of carboxylic acid groups (broad SMARTS) is 1. The first-order valence-electron chi connectivity index (χ1n) is 10.4. The number of fused-ring (bicyclic) bond motifs is 1. The van der Waals surface area contributed by atoms with Gasteiger partial charge in [-0.3, -0.25) is 9.59 Å². The molecule has 2 amide bonds. The summed E-state index contributed by atoms with van der Waals surface area (Å²) in [7, 11) is 0. The lowest BCUT2D eigenvalue weighted by Crippen LogP contribution is -2.39. The fourth-order valence-electron chi connectivity index (χ4n) is 3.32. The maximum Gasteiger partial charge on any atom is 0.349 e. The monoisotopic (exact) mass is 431 g/mol. The third-order valence-corrected chi connectivity index (χ3v) is 4.97. The van der Waals surface area contributed by atoms with Crippen LogP contribution >= 0.6 is 0 Å². The second-order valence-electron chi connectivity index (χ2n) is 7.18. The Bertz CT molecular complexity index is 996. The third kappa shape index (κ3) is 6.56. The van der Waals surface area contributed by atoms with Crippen LogP contribution in [0.25, 0.3) is 11.0 Å². The van der Waals surface area contributed by atoms with Gasteiger partial charge in [0.2, 0.25) is 5.91 Å². The van der Waals surface area contributed by atoms with Gasteiger partial charge in [-0.05, 0) is 51.3 Å². The second kappa shape index (κ2) is 11.1. The highest BCUT2D eigenvalue weighted by Crippen LogP contribution is 2.22. The lowest BCUT2D eigenvalue weighted by Gasteiger charge is -2.21. The Morgan fingerprint density at radius 3 is 2.45 bits per heavy atom. The minimum absolute atomic E-state index is 0.0789. The molecule has 1 aromatic heterocycles. The molecule has 0 aliphatic carbocycles. The number of rotatable bonds is 11. The van der Waals surface area contributed by atoms with Gasteiger partial charge < -0.3 is 25.1 Å². The van der Waals surface area contributed by atoms with Gasteiger partial charge >= 0.3 is 11.6 Å². The summed E-state index contributed by atoms with van der Waals surface area (Å²) < 4.78 is 5.37. The Labute approximate surface area is 180 Å². The largest absolute Gasteiger partial charge is 0.480 e. The third-order valence-electron chi connectivity index (χ3n) is 4.97. The van der Waals surface area contributed by atoms with Gasteiger partial charge in [-0.25, -0.2) is 9.59 Å². The lowest BCUT2D eigenvalue weighted by molar-refractivity contribution is -0.141. The van der Waals surface area contributed by atoms with E-state index in [9.17, 15) is 19.2 Å². The summed E-state index contributed by atoms with van der Waals surface area (Å²) in [5, 5.41) is 14.7. The summed E-state index contributed by atoms with van der Waals surface area (Å²) in [5.74, 6) is -2.05. The number of carbonyl (C=O) groups excluding carboxylic acids is 2. The zero-order valence-electron chi connectivity index (χ0n) is 18.1. The molecule has 9 heteroatoms. The summed E-state index contributed by atoms with van der Waals surface area (Å²) >= 11 is 0. The number of nitrogens with zero attached hydrogens (tertiary/aromatic N) is 1. The molecule has 0 aliphatic heterocycles. The molecule has 168 valence electrons. The molecule has 0 radical (unpaired) electrons. The van der Waals surface area contributed by atoms with Gasteiger partial charge in [0.15, 0.2) is 0 Å². The number of carbonyl (C=O) groups is 3. The number of hydrogen-bond acceptors (Lipinski definition) is 6. The molecule has 2 aromatic rings. The van der Waals surface area contributed by atoms with Crippen molar-refractivity contribution in [3.63, 3.8) is 0 Å². The van der Waals surface area contributed by atoms with Crippen LogP contribution in [0.2, 0.25) is 0 Å². The van der Waals surface area contributed by atoms with Gasteiger partial charge in [0, 0.05) is 43.7 Å². The van der Waals surface area contributed by atoms with Gasteiger partial charge in [-0.15, -0.1) is 0 Å². The van der Waals surface area contributed by atoms with Crippen molar-refractivity contribution in [3.05, 3.63) is 40.2 Å². The van der Waals surface area contributed by atoms with Crippen LogP contribution in [0.5, 0.6) is 0 Å². The van der Waals surface area contributed by atoms with E-state index in [0.29, 0.717) is 23.8 Å². The molecule has 1 unspecified atom stereocenters. The predicted octanol–water partition coefficient (Wildman–Crippen LogP) is 2.13. The average Bonchev–Trinajstić information content (AvgIpc) is 2.72. The minimum Gasteiger partial charge on any atom is -0.480 e. The molecule has 2 rings (SSSR count). The summed E-state index contributed by atoms with van der Waals surface area (Å²) in [5.41, 5.74) is 0.573. The summed E-state index contributed by atoms with van der Waals surface area (Å²) in [6, 6.07) is 6.09. The Morgan fingerprint density at radius 2 is 1.84 bits per heavy atom. The van der Waals surface area contributed by atoms with Crippen LogP contribution in [0.1, 0.15) is 50.4 Å². The van der Waals surface area contributed by atoms with E-state index < -0.39 is 29.5 Å². The van der Waals surface area contributed by atoms with Crippen molar-refractivity contribution in [2.75, 3.05) is 24.5 Å². The number of nitrogens with one attached hydrogen (secondary N) is 2. The number of carboxylic acids is 1. The quantitative estimate of drug-likeness (QED) is 0.367. The fraction of sp³-hybridized carbons (Fsp3) is 0.455. The van der Waals surface area contributed by atoms with Crippen LogP contribution in [0.3, 0.4) is 0 Å². The molecule has 9 nitrogen and oxygen atoms in total. The second-order valence-corrected chi connectivity index (χ2v) is 7.18. The molecule has 31 heavy (non-hydrogen) atoms. The highest BCUT2D eigenvalue weighted by atomic mass is 16.4. The first-order chi connectivity index (χ1) is 14.8. The molecule has 3 N–H and O–H groups in total. The number of benzene rings is 1. The summed E-state index contributed by atoms with van der Waals surface area (Å²) in [6.07, 6.45) is 1.23. The first-order valence-corrected chi connectivity index (χ1v) is 10.4. The topological polar surface area (TPSA) is 129 Å². The van der Waals surface area contributed by atoms with E-state index in [1.807, 2.05) is 26.0 Å². The van der Waals surface area contributed by atoms with Gasteiger partial charge in [-0.1, -0.05) is 0 Å². The van der Waals surface area contributed by atoms with Crippen molar-refractivity contribution < 1.29 is 23.9 Å². The molecular weight excluding hydrogens is 402 g/mol. The van der Waals surface area contributed by atoms with Crippen LogP contribution in [0.4, 0.5) is 5.69 Å². The van der Waals surface area contributed by atoms with Crippen molar-refractivity contribution >= 4 is 34.4 Å². The van der Waals surface area contributed by atoms with E-state index in [-0.39, 0.29) is 18.5 Å². The summed E-state index contributed by atoms with van der Waals surface area (Å²) in [4.78, 5) is 49.0. The molecule has 0 bridgehead atoms. The maximum atomic E-state index is 12.4. The molecule has 1 aromatic carbocycles. The Kier molecular flexibility index (Phi) is 8.60. The van der Waals surface area contributed by atoms with Crippen LogP contribution in [-0.2, 0) is 9.59 Å². The normalized spacial score (nSPS) is 11.7. The molecule has 0 spiro atoms. The molecular formula is C22H29N3O6. The van der Waals surface area contributed by atoms with E-state index in [2.05, 4.69) is 15.5 Å². The van der Waals surface area contributed by atoms with Crippen molar-refractivity contribution in [2.24, 2.45) is 0 Å². The molecule has 1 heterocycles. The minimum atomic E-state index is -1.10. The standard InChI is InChI=1S/C22H29N3O6/c1-4-25(5-2)16-10-9-15-12-17(22(30)31-19(15)13-16)20(27)23-11-7-6-8-18(21(28)29)24-14(3)26/h9-10,12-13,18H,4-8,11H2,1-3H3,(H,23,27)(H,24,26)(H,28,29). The molecule has 1 atom stereocenters. The zero-order valence-corrected chi connectivity index (χ0v) is 18.1. The van der Waals surface area contributed by atoms with Gasteiger partial charge in [-0.2, -0.15) is 0 Å². The number of aliphatic carboxylic acids is 1. The SMILES string of the molecule is CCN(CC)c1ccc2cc(C(=O)NCCCCC(NC(C)=O)C(=O)O)c(=O)oc2c1. The maximum absolute atomic E-state index is 12.4. The van der Waals surface area contributed by atoms with Gasteiger partial charge in [0.1, 0.15) is 17.2 Å². The number of amides is 2. The average molecular weight is 431 g/mol. The number of hydrogen-bond donors (Lipinski definition) is 3. The number of unbranched alkanes of at least 4 members (excludes halogenated alkanes) is 1. The van der Waals surface area contributed by atoms with E-state index in [1.54, 1.807) is 6.07 Å². The smallest absolute Gasteiger partial charge is 0.349 e. The van der Waals surface area contributed by atoms with Gasteiger partial charge in [0.25, 0.3) is 5.91 Å². The van der Waals surface area contributed by atoms with Crippen molar-refractivity contribution in [2.45, 2.75) is 46.1 Å². The van der Waals surface area contributed by atoms with Crippen molar-refractivity contribution in [1.29, 1.82) is 0 Å². The van der Waals surface area contributed by atoms with Crippen LogP contribution in [0, 0.1) is 0 Å². The van der Waals surface area contributed by atoms with Crippen LogP contribution in [-0.4, -0.2) is 48.6 Å². The van der Waals surface area contributed by atoms with Gasteiger partial charge in [0.05, 0.1) is 0 Å². The predicted molar refractivity (Wildman–Crippen MR) is 117 cm³/mol. The Morgan fingerprint density at radius 1 is 1.13 bits per heavy atom. The fourth-order valence-corrected chi connectivity index (χ4v) is 3.32. The number of anilines is 1. The van der Waals surface area contributed by atoms with Crippen molar-refractivity contribution in [1.82, 2.24) is 10.6 Å². The van der Waals surface area contributed by atoms with E-state index >= 15 is 0 Å². The first kappa shape index (κ1) is 23.9.